The number of hydrogen-bond acceptors (Lipinski definition) is 3. The van der Waals surface area contributed by atoms with Gasteiger partial charge in [0.25, 0.3) is 0 Å². The molecule has 0 bridgehead atoms. The van der Waals surface area contributed by atoms with Gasteiger partial charge in [0.1, 0.15) is 5.75 Å². The number of rotatable bonds is 9. The van der Waals surface area contributed by atoms with E-state index in [1.54, 1.807) is 0 Å². The van der Waals surface area contributed by atoms with E-state index >= 15 is 0 Å². The van der Waals surface area contributed by atoms with E-state index in [1.165, 1.54) is 43.2 Å². The molecule has 1 saturated carbocycles. The fourth-order valence-electron chi connectivity index (χ4n) is 4.12. The van der Waals surface area contributed by atoms with Gasteiger partial charge in [-0.05, 0) is 62.1 Å². The Morgan fingerprint density at radius 1 is 0.840 bits per heavy atom. The van der Waals surface area contributed by atoms with Gasteiger partial charge in [-0.15, -0.1) is 0 Å². The molecule has 1 aliphatic rings. The van der Waals surface area contributed by atoms with Gasteiger partial charge in [0.05, 0.1) is 0 Å². The Morgan fingerprint density at radius 3 is 1.96 bits per heavy atom. The highest BCUT2D eigenvalue weighted by atomic mass is 16.3. The molecule has 1 fully saturated rings. The SMILES string of the molecule is CCN(CC)Cc1cc(CN(CC)CC)c(O)c(C2CCCCC2)c1. The molecule has 0 radical (unpaired) electrons. The van der Waals surface area contributed by atoms with E-state index in [9.17, 15) is 5.11 Å². The van der Waals surface area contributed by atoms with Gasteiger partial charge in [-0.25, -0.2) is 0 Å². The molecule has 0 aliphatic heterocycles. The van der Waals surface area contributed by atoms with Crippen LogP contribution >= 0.6 is 0 Å². The van der Waals surface area contributed by atoms with Gasteiger partial charge >= 0.3 is 0 Å². The second kappa shape index (κ2) is 10.2. The predicted molar refractivity (Wildman–Crippen MR) is 107 cm³/mol. The van der Waals surface area contributed by atoms with Crippen molar-refractivity contribution in [1.82, 2.24) is 9.80 Å². The third kappa shape index (κ3) is 5.46. The van der Waals surface area contributed by atoms with Gasteiger partial charge in [-0.1, -0.05) is 53.0 Å². The molecule has 3 nitrogen and oxygen atoms in total. The molecule has 0 unspecified atom stereocenters. The standard InChI is InChI=1S/C22H38N2O/c1-5-23(6-2)16-18-14-20(17-24(7-3)8-4)22(25)21(15-18)19-12-10-9-11-13-19/h14-15,19,25H,5-13,16-17H2,1-4H3. The average Bonchev–Trinajstić information content (AvgIpc) is 2.66. The van der Waals surface area contributed by atoms with E-state index in [2.05, 4.69) is 49.6 Å². The molecular weight excluding hydrogens is 308 g/mol. The summed E-state index contributed by atoms with van der Waals surface area (Å²) in [6.07, 6.45) is 6.41. The minimum absolute atomic E-state index is 0.542. The first kappa shape index (κ1) is 20.3. The second-order valence-electron chi connectivity index (χ2n) is 7.45. The lowest BCUT2D eigenvalue weighted by molar-refractivity contribution is 0.286. The highest BCUT2D eigenvalue weighted by molar-refractivity contribution is 5.46. The van der Waals surface area contributed by atoms with Gasteiger partial charge in [0.2, 0.25) is 0 Å². The number of phenolic OH excluding ortho intramolecular Hbond substituents is 1. The maximum atomic E-state index is 11.0. The highest BCUT2D eigenvalue weighted by Crippen LogP contribution is 2.39. The largest absolute Gasteiger partial charge is 0.507 e. The van der Waals surface area contributed by atoms with Crippen molar-refractivity contribution in [3.63, 3.8) is 0 Å². The quantitative estimate of drug-likeness (QED) is 0.672. The van der Waals surface area contributed by atoms with Crippen LogP contribution in [0, 0.1) is 0 Å². The molecule has 0 aromatic heterocycles. The zero-order chi connectivity index (χ0) is 18.2. The van der Waals surface area contributed by atoms with E-state index in [0.717, 1.165) is 44.8 Å². The van der Waals surface area contributed by atoms with Crippen LogP contribution in [-0.4, -0.2) is 41.1 Å². The summed E-state index contributed by atoms with van der Waals surface area (Å²) < 4.78 is 0. The first-order valence-electron chi connectivity index (χ1n) is 10.4. The molecule has 0 saturated heterocycles. The third-order valence-electron chi connectivity index (χ3n) is 5.91. The number of benzene rings is 1. The lowest BCUT2D eigenvalue weighted by Gasteiger charge is -2.27. The van der Waals surface area contributed by atoms with Crippen molar-refractivity contribution in [2.75, 3.05) is 26.2 Å². The molecular formula is C22H38N2O. The lowest BCUT2D eigenvalue weighted by Crippen LogP contribution is -2.24. The predicted octanol–water partition coefficient (Wildman–Crippen LogP) is 5.12. The van der Waals surface area contributed by atoms with Gasteiger partial charge < -0.3 is 5.11 Å². The summed E-state index contributed by atoms with van der Waals surface area (Å²) in [5, 5.41) is 11.0. The van der Waals surface area contributed by atoms with Crippen molar-refractivity contribution in [1.29, 1.82) is 0 Å². The van der Waals surface area contributed by atoms with Crippen molar-refractivity contribution in [2.24, 2.45) is 0 Å². The molecule has 1 N–H and O–H groups in total. The van der Waals surface area contributed by atoms with E-state index in [-0.39, 0.29) is 0 Å². The van der Waals surface area contributed by atoms with Gasteiger partial charge in [-0.3, -0.25) is 9.80 Å². The summed E-state index contributed by atoms with van der Waals surface area (Å²) in [5.41, 5.74) is 3.70. The summed E-state index contributed by atoms with van der Waals surface area (Å²) in [7, 11) is 0. The fourth-order valence-corrected chi connectivity index (χ4v) is 4.12. The fraction of sp³-hybridized carbons (Fsp3) is 0.727. The number of hydrogen-bond donors (Lipinski definition) is 1. The van der Waals surface area contributed by atoms with Crippen LogP contribution in [0.4, 0.5) is 0 Å². The molecule has 2 rings (SSSR count). The van der Waals surface area contributed by atoms with Crippen LogP contribution in [0.15, 0.2) is 12.1 Å². The van der Waals surface area contributed by atoms with E-state index < -0.39 is 0 Å². The average molecular weight is 347 g/mol. The minimum Gasteiger partial charge on any atom is -0.507 e. The topological polar surface area (TPSA) is 26.7 Å². The molecule has 142 valence electrons. The molecule has 0 heterocycles. The monoisotopic (exact) mass is 346 g/mol. The van der Waals surface area contributed by atoms with Gasteiger partial charge in [0.15, 0.2) is 0 Å². The Bertz CT molecular complexity index is 515. The molecule has 0 amide bonds. The Morgan fingerprint density at radius 2 is 1.40 bits per heavy atom. The second-order valence-corrected chi connectivity index (χ2v) is 7.45. The van der Waals surface area contributed by atoms with Crippen LogP contribution in [0.25, 0.3) is 0 Å². The van der Waals surface area contributed by atoms with Crippen molar-refractivity contribution in [3.8, 4) is 5.75 Å². The third-order valence-corrected chi connectivity index (χ3v) is 5.91. The van der Waals surface area contributed by atoms with Crippen molar-refractivity contribution in [3.05, 3.63) is 28.8 Å². The Kier molecular flexibility index (Phi) is 8.25. The summed E-state index contributed by atoms with van der Waals surface area (Å²) in [6, 6.07) is 4.55. The van der Waals surface area contributed by atoms with E-state index in [0.29, 0.717) is 11.7 Å². The van der Waals surface area contributed by atoms with Crippen LogP contribution in [-0.2, 0) is 13.1 Å². The van der Waals surface area contributed by atoms with Crippen LogP contribution in [0.3, 0.4) is 0 Å². The summed E-state index contributed by atoms with van der Waals surface area (Å²) in [6.45, 7) is 14.9. The Labute approximate surface area is 155 Å². The van der Waals surface area contributed by atoms with Crippen molar-refractivity contribution >= 4 is 0 Å². The first-order chi connectivity index (χ1) is 12.1. The van der Waals surface area contributed by atoms with E-state index in [1.807, 2.05) is 0 Å². The van der Waals surface area contributed by atoms with Crippen molar-refractivity contribution in [2.45, 2.75) is 78.8 Å². The molecule has 1 aliphatic carbocycles. The first-order valence-corrected chi connectivity index (χ1v) is 10.4. The maximum absolute atomic E-state index is 11.0. The van der Waals surface area contributed by atoms with Crippen molar-refractivity contribution < 1.29 is 5.11 Å². The van der Waals surface area contributed by atoms with E-state index in [4.69, 9.17) is 0 Å². The normalized spacial score (nSPS) is 16.1. The van der Waals surface area contributed by atoms with Crippen LogP contribution < -0.4 is 0 Å². The Balaban J connectivity index is 2.34. The van der Waals surface area contributed by atoms with Gasteiger partial charge in [0, 0.05) is 18.7 Å². The van der Waals surface area contributed by atoms with Crippen LogP contribution in [0.2, 0.25) is 0 Å². The lowest BCUT2D eigenvalue weighted by atomic mass is 9.82. The molecule has 0 spiro atoms. The highest BCUT2D eigenvalue weighted by Gasteiger charge is 2.22. The molecule has 3 heteroatoms. The zero-order valence-electron chi connectivity index (χ0n) is 16.9. The maximum Gasteiger partial charge on any atom is 0.123 e. The summed E-state index contributed by atoms with van der Waals surface area (Å²) >= 11 is 0. The minimum atomic E-state index is 0.542. The van der Waals surface area contributed by atoms with Crippen LogP contribution in [0.5, 0.6) is 5.75 Å². The number of nitrogens with zero attached hydrogens (tertiary/aromatic N) is 2. The number of aromatic hydroxyl groups is 1. The summed E-state index contributed by atoms with van der Waals surface area (Å²) in [5.74, 6) is 1.11. The zero-order valence-corrected chi connectivity index (χ0v) is 16.9. The van der Waals surface area contributed by atoms with Crippen LogP contribution in [0.1, 0.15) is 82.4 Å². The molecule has 1 aromatic carbocycles. The summed E-state index contributed by atoms with van der Waals surface area (Å²) in [4.78, 5) is 4.85. The smallest absolute Gasteiger partial charge is 0.123 e. The molecule has 25 heavy (non-hydrogen) atoms. The van der Waals surface area contributed by atoms with Gasteiger partial charge in [-0.2, -0.15) is 0 Å². The molecule has 0 atom stereocenters. The molecule has 1 aromatic rings. The number of phenols is 1. The Hall–Kier alpha value is -1.06.